The summed E-state index contributed by atoms with van der Waals surface area (Å²) in [6.07, 6.45) is -0.300. The maximum Gasteiger partial charge on any atom is 0.332 e. The number of methoxy groups -OCH3 is 2. The topological polar surface area (TPSA) is 103 Å². The summed E-state index contributed by atoms with van der Waals surface area (Å²) in [6, 6.07) is 0. The van der Waals surface area contributed by atoms with Gasteiger partial charge < -0.3 is 19.7 Å². The monoisotopic (exact) mass is 297 g/mol. The first-order chi connectivity index (χ1) is 10.0. The molecule has 2 atom stereocenters. The van der Waals surface area contributed by atoms with E-state index < -0.39 is 4.92 Å². The molecule has 0 saturated carbocycles. The Balaban J connectivity index is 2.43. The van der Waals surface area contributed by atoms with Crippen molar-refractivity contribution in [2.24, 2.45) is 0 Å². The van der Waals surface area contributed by atoms with Crippen LogP contribution in [-0.4, -0.2) is 61.5 Å². The smallest absolute Gasteiger partial charge is 0.332 e. The summed E-state index contributed by atoms with van der Waals surface area (Å²) in [6.45, 7) is 2.56. The number of ether oxygens (including phenoxy) is 2. The fourth-order valence-electron chi connectivity index (χ4n) is 2.47. The normalized spacial score (nSPS) is 21.6. The zero-order valence-corrected chi connectivity index (χ0v) is 12.5. The quantitative estimate of drug-likeness (QED) is 0.622. The summed E-state index contributed by atoms with van der Waals surface area (Å²) in [5.41, 5.74) is 0.241. The Morgan fingerprint density at radius 1 is 1.29 bits per heavy atom. The highest BCUT2D eigenvalue weighted by molar-refractivity contribution is 5.63. The molecule has 1 saturated heterocycles. The maximum atomic E-state index is 11.3. The van der Waals surface area contributed by atoms with Gasteiger partial charge in [-0.15, -0.1) is 0 Å². The Morgan fingerprint density at radius 2 is 1.86 bits per heavy atom. The Hall–Kier alpha value is -2.00. The van der Waals surface area contributed by atoms with Crippen LogP contribution in [0, 0.1) is 17.0 Å². The van der Waals surface area contributed by atoms with Crippen LogP contribution in [0.5, 0.6) is 0 Å². The van der Waals surface area contributed by atoms with Crippen LogP contribution in [0.3, 0.4) is 0 Å². The number of hydrogen-bond acceptors (Lipinski definition) is 8. The van der Waals surface area contributed by atoms with E-state index in [4.69, 9.17) is 9.47 Å². The second-order valence-corrected chi connectivity index (χ2v) is 4.77. The van der Waals surface area contributed by atoms with Crippen LogP contribution in [0.1, 0.15) is 5.69 Å². The molecular weight excluding hydrogens is 278 g/mol. The minimum Gasteiger partial charge on any atom is -0.377 e. The first-order valence-corrected chi connectivity index (χ1v) is 6.53. The standard InChI is InChI=1S/C12H19N5O4/c1-7-10(17(18)19)11(15-12(13-2)14-7)16-5-8(20-3)9(6-16)21-4/h8-9H,5-6H2,1-4H3,(H,13,14,15). The Kier molecular flexibility index (Phi) is 4.53. The number of aryl methyl sites for hydroxylation is 1. The van der Waals surface area contributed by atoms with Gasteiger partial charge in [-0.2, -0.15) is 4.98 Å². The molecule has 116 valence electrons. The summed E-state index contributed by atoms with van der Waals surface area (Å²) in [4.78, 5) is 21.0. The average Bonchev–Trinajstić information content (AvgIpc) is 2.88. The lowest BCUT2D eigenvalue weighted by Crippen LogP contribution is -2.27. The van der Waals surface area contributed by atoms with Gasteiger partial charge in [0.2, 0.25) is 11.8 Å². The molecule has 0 aromatic carbocycles. The SMILES string of the molecule is CNc1nc(C)c([N+](=O)[O-])c(N2CC(OC)C(OC)C2)n1. The highest BCUT2D eigenvalue weighted by Crippen LogP contribution is 2.32. The van der Waals surface area contributed by atoms with Crippen LogP contribution in [0.25, 0.3) is 0 Å². The Labute approximate surface area is 122 Å². The van der Waals surface area contributed by atoms with Crippen molar-refractivity contribution < 1.29 is 14.4 Å². The van der Waals surface area contributed by atoms with Crippen molar-refractivity contribution in [3.8, 4) is 0 Å². The van der Waals surface area contributed by atoms with E-state index in [2.05, 4.69) is 15.3 Å². The van der Waals surface area contributed by atoms with Gasteiger partial charge in [0.1, 0.15) is 17.9 Å². The maximum absolute atomic E-state index is 11.3. The summed E-state index contributed by atoms with van der Waals surface area (Å²) < 4.78 is 10.7. The number of nitro groups is 1. The second kappa shape index (κ2) is 6.19. The predicted molar refractivity (Wildman–Crippen MR) is 76.8 cm³/mol. The highest BCUT2D eigenvalue weighted by Gasteiger charge is 2.37. The Bertz CT molecular complexity index is 527. The summed E-state index contributed by atoms with van der Waals surface area (Å²) in [5, 5.41) is 14.1. The van der Waals surface area contributed by atoms with E-state index in [0.717, 1.165) is 0 Å². The lowest BCUT2D eigenvalue weighted by atomic mass is 10.3. The first kappa shape index (κ1) is 15.4. The molecule has 2 unspecified atom stereocenters. The summed E-state index contributed by atoms with van der Waals surface area (Å²) in [5.74, 6) is 0.640. The van der Waals surface area contributed by atoms with E-state index in [0.29, 0.717) is 30.5 Å². The van der Waals surface area contributed by atoms with Crippen LogP contribution in [0.15, 0.2) is 0 Å². The van der Waals surface area contributed by atoms with Gasteiger partial charge in [0.05, 0.1) is 4.92 Å². The molecule has 9 heteroatoms. The van der Waals surface area contributed by atoms with E-state index in [1.54, 1.807) is 33.1 Å². The van der Waals surface area contributed by atoms with Gasteiger partial charge in [-0.05, 0) is 6.92 Å². The van der Waals surface area contributed by atoms with Gasteiger partial charge in [-0.3, -0.25) is 10.1 Å². The van der Waals surface area contributed by atoms with Crippen molar-refractivity contribution in [2.45, 2.75) is 19.1 Å². The third-order valence-corrected chi connectivity index (χ3v) is 3.57. The molecule has 1 aromatic heterocycles. The highest BCUT2D eigenvalue weighted by atomic mass is 16.6. The zero-order chi connectivity index (χ0) is 15.6. The van der Waals surface area contributed by atoms with Crippen molar-refractivity contribution in [1.82, 2.24) is 9.97 Å². The minimum absolute atomic E-state index is 0.0828. The van der Waals surface area contributed by atoms with E-state index in [1.165, 1.54) is 0 Å². The molecule has 0 aliphatic carbocycles. The third-order valence-electron chi connectivity index (χ3n) is 3.57. The van der Waals surface area contributed by atoms with Crippen LogP contribution < -0.4 is 10.2 Å². The lowest BCUT2D eigenvalue weighted by molar-refractivity contribution is -0.385. The molecule has 0 bridgehead atoms. The van der Waals surface area contributed by atoms with Gasteiger partial charge in [0, 0.05) is 34.4 Å². The number of hydrogen-bond donors (Lipinski definition) is 1. The first-order valence-electron chi connectivity index (χ1n) is 6.53. The molecule has 9 nitrogen and oxygen atoms in total. The molecule has 2 heterocycles. The molecule has 1 fully saturated rings. The molecule has 1 aromatic rings. The van der Waals surface area contributed by atoms with Crippen molar-refractivity contribution in [3.05, 3.63) is 15.8 Å². The minimum atomic E-state index is -0.452. The van der Waals surface area contributed by atoms with Crippen molar-refractivity contribution >= 4 is 17.5 Å². The molecule has 0 amide bonds. The van der Waals surface area contributed by atoms with Crippen LogP contribution in [0.2, 0.25) is 0 Å². The van der Waals surface area contributed by atoms with E-state index in [9.17, 15) is 10.1 Å². The van der Waals surface area contributed by atoms with E-state index in [1.807, 2.05) is 0 Å². The van der Waals surface area contributed by atoms with Crippen molar-refractivity contribution in [2.75, 3.05) is 44.6 Å². The zero-order valence-electron chi connectivity index (χ0n) is 12.5. The van der Waals surface area contributed by atoms with Gasteiger partial charge in [-0.1, -0.05) is 0 Å². The molecule has 0 radical (unpaired) electrons. The molecule has 1 aliphatic heterocycles. The van der Waals surface area contributed by atoms with Crippen LogP contribution >= 0.6 is 0 Å². The fraction of sp³-hybridized carbons (Fsp3) is 0.667. The number of anilines is 2. The van der Waals surface area contributed by atoms with E-state index >= 15 is 0 Å². The number of nitrogens with zero attached hydrogens (tertiary/aromatic N) is 4. The largest absolute Gasteiger partial charge is 0.377 e. The van der Waals surface area contributed by atoms with Crippen molar-refractivity contribution in [1.29, 1.82) is 0 Å². The second-order valence-electron chi connectivity index (χ2n) is 4.77. The lowest BCUT2D eigenvalue weighted by Gasteiger charge is -2.18. The molecular formula is C12H19N5O4. The fourth-order valence-corrected chi connectivity index (χ4v) is 2.47. The van der Waals surface area contributed by atoms with E-state index in [-0.39, 0.29) is 17.9 Å². The number of nitrogens with one attached hydrogen (secondary N) is 1. The molecule has 0 spiro atoms. The van der Waals surface area contributed by atoms with Crippen LogP contribution in [-0.2, 0) is 9.47 Å². The summed E-state index contributed by atoms with van der Waals surface area (Å²) >= 11 is 0. The predicted octanol–water partition coefficient (Wildman–Crippen LogP) is 0.585. The number of aromatic nitrogens is 2. The van der Waals surface area contributed by atoms with Gasteiger partial charge in [0.15, 0.2) is 0 Å². The van der Waals surface area contributed by atoms with Gasteiger partial charge in [0.25, 0.3) is 0 Å². The third kappa shape index (κ3) is 2.88. The average molecular weight is 297 g/mol. The molecule has 2 rings (SSSR count). The van der Waals surface area contributed by atoms with Gasteiger partial charge >= 0.3 is 5.69 Å². The summed E-state index contributed by atoms with van der Waals surface area (Å²) in [7, 11) is 4.86. The van der Waals surface area contributed by atoms with Crippen molar-refractivity contribution in [3.63, 3.8) is 0 Å². The number of rotatable bonds is 5. The van der Waals surface area contributed by atoms with Gasteiger partial charge in [-0.25, -0.2) is 4.98 Å². The Morgan fingerprint density at radius 3 is 2.29 bits per heavy atom. The van der Waals surface area contributed by atoms with Crippen LogP contribution in [0.4, 0.5) is 17.5 Å². The molecule has 21 heavy (non-hydrogen) atoms. The molecule has 1 N–H and O–H groups in total. The molecule has 1 aliphatic rings.